The van der Waals surface area contributed by atoms with Gasteiger partial charge in [-0.05, 0) is 50.2 Å². The van der Waals surface area contributed by atoms with Gasteiger partial charge in [0, 0.05) is 18.6 Å². The lowest BCUT2D eigenvalue weighted by Gasteiger charge is -2.42. The van der Waals surface area contributed by atoms with Crippen molar-refractivity contribution in [1.29, 1.82) is 0 Å². The fourth-order valence-corrected chi connectivity index (χ4v) is 3.39. The van der Waals surface area contributed by atoms with Gasteiger partial charge in [0.15, 0.2) is 0 Å². The summed E-state index contributed by atoms with van der Waals surface area (Å²) in [5, 5.41) is 0. The number of rotatable bonds is 6. The predicted octanol–water partition coefficient (Wildman–Crippen LogP) is 2.58. The third kappa shape index (κ3) is 3.94. The van der Waals surface area contributed by atoms with E-state index in [0.29, 0.717) is 12.1 Å². The second-order valence-electron chi connectivity index (χ2n) is 4.97. The minimum absolute atomic E-state index is 0.608. The second kappa shape index (κ2) is 7.57. The van der Waals surface area contributed by atoms with E-state index in [0.717, 1.165) is 12.5 Å². The molecule has 0 amide bonds. The molecule has 1 heterocycles. The van der Waals surface area contributed by atoms with Crippen LogP contribution in [0.15, 0.2) is 0 Å². The highest BCUT2D eigenvalue weighted by Gasteiger charge is 2.29. The van der Waals surface area contributed by atoms with E-state index >= 15 is 0 Å². The van der Waals surface area contributed by atoms with Crippen molar-refractivity contribution >= 4 is 11.8 Å². The van der Waals surface area contributed by atoms with Crippen molar-refractivity contribution in [3.8, 4) is 0 Å². The van der Waals surface area contributed by atoms with Crippen LogP contribution in [0.4, 0.5) is 0 Å². The molecule has 0 spiro atoms. The molecule has 0 saturated carbocycles. The van der Waals surface area contributed by atoms with Gasteiger partial charge in [-0.3, -0.25) is 4.90 Å². The van der Waals surface area contributed by atoms with Gasteiger partial charge in [-0.2, -0.15) is 11.8 Å². The third-order valence-corrected chi connectivity index (χ3v) is 4.90. The lowest BCUT2D eigenvalue weighted by Crippen LogP contribution is -2.51. The zero-order chi connectivity index (χ0) is 12.0. The average molecular weight is 244 g/mol. The Kier molecular flexibility index (Phi) is 6.78. The quantitative estimate of drug-likeness (QED) is 0.728. The van der Waals surface area contributed by atoms with Gasteiger partial charge >= 0.3 is 0 Å². The number of nitrogens with zero attached hydrogens (tertiary/aromatic N) is 1. The van der Waals surface area contributed by atoms with E-state index in [2.05, 4.69) is 25.7 Å². The summed E-state index contributed by atoms with van der Waals surface area (Å²) >= 11 is 2.04. The van der Waals surface area contributed by atoms with Crippen LogP contribution in [-0.2, 0) is 0 Å². The molecule has 1 fully saturated rings. The number of nitrogens with two attached hydrogens (primary N) is 1. The van der Waals surface area contributed by atoms with Crippen molar-refractivity contribution in [1.82, 2.24) is 4.90 Å². The van der Waals surface area contributed by atoms with Crippen LogP contribution in [0, 0.1) is 5.92 Å². The molecule has 96 valence electrons. The standard InChI is InChI=1S/C13H28N2S/c1-4-16-9-7-13(10-14)15-8-5-6-11(2)12(15)3/h11-13H,4-10,14H2,1-3H3. The Morgan fingerprint density at radius 3 is 2.81 bits per heavy atom. The van der Waals surface area contributed by atoms with E-state index in [1.54, 1.807) is 0 Å². The lowest BCUT2D eigenvalue weighted by molar-refractivity contribution is 0.0700. The summed E-state index contributed by atoms with van der Waals surface area (Å²) < 4.78 is 0. The largest absolute Gasteiger partial charge is 0.329 e. The second-order valence-corrected chi connectivity index (χ2v) is 6.37. The molecule has 1 rings (SSSR count). The summed E-state index contributed by atoms with van der Waals surface area (Å²) in [7, 11) is 0. The van der Waals surface area contributed by atoms with Gasteiger partial charge < -0.3 is 5.73 Å². The van der Waals surface area contributed by atoms with E-state index in [-0.39, 0.29) is 0 Å². The number of piperidine rings is 1. The fraction of sp³-hybridized carbons (Fsp3) is 1.00. The molecule has 3 atom stereocenters. The van der Waals surface area contributed by atoms with Gasteiger partial charge in [0.05, 0.1) is 0 Å². The number of thioether (sulfide) groups is 1. The molecule has 2 nitrogen and oxygen atoms in total. The molecule has 0 aliphatic carbocycles. The maximum Gasteiger partial charge on any atom is 0.0229 e. The average Bonchev–Trinajstić information content (AvgIpc) is 2.29. The van der Waals surface area contributed by atoms with Crippen molar-refractivity contribution in [2.75, 3.05) is 24.6 Å². The third-order valence-electron chi connectivity index (χ3n) is 3.96. The molecule has 2 N–H and O–H groups in total. The number of likely N-dealkylation sites (tertiary alicyclic amines) is 1. The summed E-state index contributed by atoms with van der Waals surface area (Å²) in [5.74, 6) is 3.32. The van der Waals surface area contributed by atoms with Crippen molar-refractivity contribution < 1.29 is 0 Å². The minimum Gasteiger partial charge on any atom is -0.329 e. The van der Waals surface area contributed by atoms with Crippen LogP contribution >= 0.6 is 11.8 Å². The van der Waals surface area contributed by atoms with Crippen LogP contribution in [0.25, 0.3) is 0 Å². The molecule has 1 aliphatic rings. The van der Waals surface area contributed by atoms with Crippen LogP contribution in [0.3, 0.4) is 0 Å². The van der Waals surface area contributed by atoms with Crippen LogP contribution in [0.5, 0.6) is 0 Å². The molecule has 0 aromatic carbocycles. The van der Waals surface area contributed by atoms with E-state index in [1.165, 1.54) is 37.3 Å². The predicted molar refractivity (Wildman–Crippen MR) is 75.0 cm³/mol. The van der Waals surface area contributed by atoms with E-state index in [4.69, 9.17) is 5.73 Å². The number of hydrogen-bond donors (Lipinski definition) is 1. The van der Waals surface area contributed by atoms with Crippen LogP contribution in [0.2, 0.25) is 0 Å². The molecule has 0 bridgehead atoms. The monoisotopic (exact) mass is 244 g/mol. The first-order valence-electron chi connectivity index (χ1n) is 6.74. The molecule has 3 heteroatoms. The van der Waals surface area contributed by atoms with Gasteiger partial charge in [0.1, 0.15) is 0 Å². The Labute approximate surface area is 105 Å². The summed E-state index contributed by atoms with van der Waals surface area (Å²) in [6.07, 6.45) is 3.99. The summed E-state index contributed by atoms with van der Waals surface area (Å²) in [4.78, 5) is 2.66. The van der Waals surface area contributed by atoms with Gasteiger partial charge in [-0.15, -0.1) is 0 Å². The maximum atomic E-state index is 5.94. The Hall–Kier alpha value is 0.270. The Bertz CT molecular complexity index is 187. The molecule has 0 aromatic heterocycles. The molecule has 0 aromatic rings. The lowest BCUT2D eigenvalue weighted by atomic mass is 9.90. The molecular weight excluding hydrogens is 216 g/mol. The first-order valence-corrected chi connectivity index (χ1v) is 7.89. The normalized spacial score (nSPS) is 29.2. The van der Waals surface area contributed by atoms with Crippen LogP contribution < -0.4 is 5.73 Å². The first kappa shape index (κ1) is 14.3. The zero-order valence-electron chi connectivity index (χ0n) is 11.1. The fourth-order valence-electron chi connectivity index (χ4n) is 2.67. The Balaban J connectivity index is 2.43. The van der Waals surface area contributed by atoms with Crippen molar-refractivity contribution in [2.45, 2.75) is 52.1 Å². The molecule has 1 saturated heterocycles. The van der Waals surface area contributed by atoms with Crippen LogP contribution in [-0.4, -0.2) is 41.6 Å². The van der Waals surface area contributed by atoms with Crippen molar-refractivity contribution in [3.05, 3.63) is 0 Å². The van der Waals surface area contributed by atoms with Gasteiger partial charge in [-0.25, -0.2) is 0 Å². The first-order chi connectivity index (χ1) is 7.70. The van der Waals surface area contributed by atoms with Crippen molar-refractivity contribution in [3.63, 3.8) is 0 Å². The van der Waals surface area contributed by atoms with Crippen LogP contribution in [0.1, 0.15) is 40.0 Å². The molecular formula is C13H28N2S. The smallest absolute Gasteiger partial charge is 0.0229 e. The molecule has 1 aliphatic heterocycles. The van der Waals surface area contributed by atoms with E-state index in [9.17, 15) is 0 Å². The van der Waals surface area contributed by atoms with Gasteiger partial charge in [0.25, 0.3) is 0 Å². The highest BCUT2D eigenvalue weighted by molar-refractivity contribution is 7.99. The highest BCUT2D eigenvalue weighted by atomic mass is 32.2. The van der Waals surface area contributed by atoms with Gasteiger partial charge in [0.2, 0.25) is 0 Å². The minimum atomic E-state index is 0.608. The van der Waals surface area contributed by atoms with E-state index in [1.807, 2.05) is 11.8 Å². The Morgan fingerprint density at radius 2 is 2.19 bits per heavy atom. The number of hydrogen-bond acceptors (Lipinski definition) is 3. The molecule has 0 radical (unpaired) electrons. The van der Waals surface area contributed by atoms with Gasteiger partial charge in [-0.1, -0.05) is 13.8 Å². The van der Waals surface area contributed by atoms with Crippen molar-refractivity contribution in [2.24, 2.45) is 11.7 Å². The summed E-state index contributed by atoms with van der Waals surface area (Å²) in [5.41, 5.74) is 5.94. The Morgan fingerprint density at radius 1 is 1.44 bits per heavy atom. The SMILES string of the molecule is CCSCCC(CN)N1CCCC(C)C1C. The molecule has 3 unspecified atom stereocenters. The zero-order valence-corrected chi connectivity index (χ0v) is 11.9. The maximum absolute atomic E-state index is 5.94. The van der Waals surface area contributed by atoms with E-state index < -0.39 is 0 Å². The topological polar surface area (TPSA) is 29.3 Å². The summed E-state index contributed by atoms with van der Waals surface area (Å²) in [6.45, 7) is 9.06. The summed E-state index contributed by atoms with van der Waals surface area (Å²) in [6, 6.07) is 1.32. The molecule has 16 heavy (non-hydrogen) atoms. The highest BCUT2D eigenvalue weighted by Crippen LogP contribution is 2.25.